The lowest BCUT2D eigenvalue weighted by atomic mass is 9.95. The molecule has 1 fully saturated rings. The van der Waals surface area contributed by atoms with Crippen LogP contribution in [0.1, 0.15) is 18.4 Å². The molecule has 2 N–H and O–H groups in total. The summed E-state index contributed by atoms with van der Waals surface area (Å²) in [5.41, 5.74) is 7.83. The number of nitrogens with zero attached hydrogens (tertiary/aromatic N) is 2. The van der Waals surface area contributed by atoms with Crippen LogP contribution >= 0.6 is 23.8 Å². The third-order valence-electron chi connectivity index (χ3n) is 3.80. The zero-order valence-electron chi connectivity index (χ0n) is 12.1. The van der Waals surface area contributed by atoms with E-state index in [2.05, 4.69) is 23.9 Å². The number of piperidine rings is 1. The topological polar surface area (TPSA) is 32.5 Å². The lowest BCUT2D eigenvalue weighted by Gasteiger charge is -2.35. The zero-order valence-corrected chi connectivity index (χ0v) is 13.7. The number of hydrogen-bond acceptors (Lipinski definition) is 3. The summed E-state index contributed by atoms with van der Waals surface area (Å²) in [5, 5.41) is 0.680. The van der Waals surface area contributed by atoms with Crippen LogP contribution in [0.4, 0.5) is 5.69 Å². The molecule has 0 amide bonds. The first kappa shape index (κ1) is 15.5. The van der Waals surface area contributed by atoms with Crippen molar-refractivity contribution >= 4 is 34.5 Å². The smallest absolute Gasteiger partial charge is 0.106 e. The van der Waals surface area contributed by atoms with Crippen molar-refractivity contribution < 1.29 is 0 Å². The van der Waals surface area contributed by atoms with E-state index in [1.165, 1.54) is 12.8 Å². The monoisotopic (exact) mass is 311 g/mol. The average molecular weight is 312 g/mol. The molecule has 1 saturated heterocycles. The zero-order chi connectivity index (χ0) is 14.7. The Bertz CT molecular complexity index is 482. The molecule has 20 heavy (non-hydrogen) atoms. The molecule has 0 atom stereocenters. The number of thiocarbonyl (C=S) groups is 1. The molecule has 1 aliphatic rings. The molecule has 0 aliphatic carbocycles. The van der Waals surface area contributed by atoms with Crippen LogP contribution in [-0.2, 0) is 0 Å². The Hall–Kier alpha value is -0.840. The fraction of sp³-hybridized carbons (Fsp3) is 0.533. The first-order valence-corrected chi connectivity index (χ1v) is 7.75. The van der Waals surface area contributed by atoms with Crippen molar-refractivity contribution in [2.24, 2.45) is 11.7 Å². The summed E-state index contributed by atoms with van der Waals surface area (Å²) in [6, 6.07) is 5.80. The highest BCUT2D eigenvalue weighted by Crippen LogP contribution is 2.28. The Kier molecular flexibility index (Phi) is 5.24. The van der Waals surface area contributed by atoms with E-state index in [0.717, 1.165) is 36.8 Å². The van der Waals surface area contributed by atoms with E-state index >= 15 is 0 Å². The van der Waals surface area contributed by atoms with Gasteiger partial charge in [-0.1, -0.05) is 23.8 Å². The van der Waals surface area contributed by atoms with Gasteiger partial charge in [0, 0.05) is 35.9 Å². The quantitative estimate of drug-likeness (QED) is 0.867. The maximum atomic E-state index is 6.04. The number of nitrogens with two attached hydrogens (primary N) is 1. The van der Waals surface area contributed by atoms with Crippen molar-refractivity contribution in [2.75, 3.05) is 38.6 Å². The number of hydrogen-bond donors (Lipinski definition) is 1. The van der Waals surface area contributed by atoms with Crippen LogP contribution in [0.15, 0.2) is 18.2 Å². The Morgan fingerprint density at radius 1 is 1.40 bits per heavy atom. The van der Waals surface area contributed by atoms with E-state index in [4.69, 9.17) is 29.6 Å². The molecule has 1 aliphatic heterocycles. The van der Waals surface area contributed by atoms with Gasteiger partial charge in [0.15, 0.2) is 0 Å². The molecule has 1 aromatic rings. The van der Waals surface area contributed by atoms with Gasteiger partial charge in [-0.25, -0.2) is 0 Å². The largest absolute Gasteiger partial charge is 0.389 e. The van der Waals surface area contributed by atoms with E-state index in [1.54, 1.807) is 0 Å². The number of rotatable bonds is 4. The van der Waals surface area contributed by atoms with Crippen molar-refractivity contribution in [3.05, 3.63) is 28.8 Å². The van der Waals surface area contributed by atoms with Crippen molar-refractivity contribution in [2.45, 2.75) is 12.8 Å². The summed E-state index contributed by atoms with van der Waals surface area (Å²) in [6.07, 6.45) is 2.41. The average Bonchev–Trinajstić information content (AvgIpc) is 2.39. The first-order chi connectivity index (χ1) is 9.47. The van der Waals surface area contributed by atoms with E-state index in [1.807, 2.05) is 18.2 Å². The van der Waals surface area contributed by atoms with Crippen LogP contribution in [0.3, 0.4) is 0 Å². The molecule has 0 bridgehead atoms. The number of anilines is 1. The number of halogens is 1. The summed E-state index contributed by atoms with van der Waals surface area (Å²) < 4.78 is 0. The van der Waals surface area contributed by atoms with Crippen LogP contribution in [0.5, 0.6) is 0 Å². The van der Waals surface area contributed by atoms with Crippen LogP contribution in [-0.4, -0.2) is 43.6 Å². The predicted octanol–water partition coefficient (Wildman–Crippen LogP) is 2.75. The van der Waals surface area contributed by atoms with Gasteiger partial charge in [-0.15, -0.1) is 0 Å². The molecule has 0 aromatic heterocycles. The highest BCUT2D eigenvalue weighted by molar-refractivity contribution is 7.80. The molecule has 1 heterocycles. The lowest BCUT2D eigenvalue weighted by Crippen LogP contribution is -2.38. The Labute approximate surface area is 131 Å². The van der Waals surface area contributed by atoms with Crippen molar-refractivity contribution in [1.82, 2.24) is 4.90 Å². The summed E-state index contributed by atoms with van der Waals surface area (Å²) in [6.45, 7) is 3.27. The standard InChI is InChI=1S/C15H22ClN3S/c1-18(2)10-11-5-7-19(8-6-11)14-4-3-12(16)9-13(14)15(17)20/h3-4,9,11H,5-8,10H2,1-2H3,(H2,17,20). The summed E-state index contributed by atoms with van der Waals surface area (Å²) in [5.74, 6) is 0.779. The van der Waals surface area contributed by atoms with Crippen molar-refractivity contribution in [3.8, 4) is 0 Å². The number of benzene rings is 1. The molecular formula is C15H22ClN3S. The van der Waals surface area contributed by atoms with Crippen molar-refractivity contribution in [1.29, 1.82) is 0 Å². The second-order valence-corrected chi connectivity index (χ2v) is 6.59. The third kappa shape index (κ3) is 3.84. The molecule has 0 saturated carbocycles. The fourth-order valence-electron chi connectivity index (χ4n) is 2.85. The summed E-state index contributed by atoms with van der Waals surface area (Å²) in [7, 11) is 4.27. The minimum absolute atomic E-state index is 0.415. The van der Waals surface area contributed by atoms with Gasteiger partial charge in [0.05, 0.1) is 0 Å². The molecule has 1 aromatic carbocycles. The Morgan fingerprint density at radius 2 is 2.05 bits per heavy atom. The first-order valence-electron chi connectivity index (χ1n) is 6.96. The highest BCUT2D eigenvalue weighted by atomic mass is 35.5. The van der Waals surface area contributed by atoms with Gasteiger partial charge in [-0.05, 0) is 51.1 Å². The van der Waals surface area contributed by atoms with Gasteiger partial charge < -0.3 is 15.5 Å². The van der Waals surface area contributed by atoms with Crippen LogP contribution in [0, 0.1) is 5.92 Å². The molecule has 110 valence electrons. The highest BCUT2D eigenvalue weighted by Gasteiger charge is 2.22. The van der Waals surface area contributed by atoms with Gasteiger partial charge in [-0.3, -0.25) is 0 Å². The second kappa shape index (κ2) is 6.74. The SMILES string of the molecule is CN(C)CC1CCN(c2ccc(Cl)cc2C(N)=S)CC1. The van der Waals surface area contributed by atoms with Gasteiger partial charge in [0.25, 0.3) is 0 Å². The Balaban J connectivity index is 2.09. The van der Waals surface area contributed by atoms with E-state index in [-0.39, 0.29) is 0 Å². The molecular weight excluding hydrogens is 290 g/mol. The minimum Gasteiger partial charge on any atom is -0.389 e. The summed E-state index contributed by atoms with van der Waals surface area (Å²) in [4.78, 5) is 5.05. The minimum atomic E-state index is 0.415. The van der Waals surface area contributed by atoms with E-state index in [0.29, 0.717) is 10.0 Å². The molecule has 2 rings (SSSR count). The third-order valence-corrected chi connectivity index (χ3v) is 4.26. The molecule has 0 spiro atoms. The van der Waals surface area contributed by atoms with E-state index in [9.17, 15) is 0 Å². The Morgan fingerprint density at radius 3 is 2.60 bits per heavy atom. The predicted molar refractivity (Wildman–Crippen MR) is 90.8 cm³/mol. The maximum absolute atomic E-state index is 6.04. The van der Waals surface area contributed by atoms with Crippen molar-refractivity contribution in [3.63, 3.8) is 0 Å². The fourth-order valence-corrected chi connectivity index (χ4v) is 3.19. The van der Waals surface area contributed by atoms with Gasteiger partial charge in [0.1, 0.15) is 4.99 Å². The normalized spacial score (nSPS) is 16.7. The summed E-state index contributed by atoms with van der Waals surface area (Å²) >= 11 is 11.2. The van der Waals surface area contributed by atoms with Crippen LogP contribution < -0.4 is 10.6 Å². The molecule has 0 radical (unpaired) electrons. The lowest BCUT2D eigenvalue weighted by molar-refractivity contribution is 0.285. The van der Waals surface area contributed by atoms with Crippen LogP contribution in [0.2, 0.25) is 5.02 Å². The van der Waals surface area contributed by atoms with Crippen LogP contribution in [0.25, 0.3) is 0 Å². The molecule has 0 unspecified atom stereocenters. The van der Waals surface area contributed by atoms with Gasteiger partial charge >= 0.3 is 0 Å². The van der Waals surface area contributed by atoms with Gasteiger partial charge in [0.2, 0.25) is 0 Å². The molecule has 3 nitrogen and oxygen atoms in total. The molecule has 5 heteroatoms. The second-order valence-electron chi connectivity index (χ2n) is 5.72. The maximum Gasteiger partial charge on any atom is 0.106 e. The van der Waals surface area contributed by atoms with Gasteiger partial charge in [-0.2, -0.15) is 0 Å². The van der Waals surface area contributed by atoms with E-state index < -0.39 is 0 Å².